The number of halogens is 1. The van der Waals surface area contributed by atoms with E-state index in [9.17, 15) is 4.79 Å². The van der Waals surface area contributed by atoms with Crippen molar-refractivity contribution < 1.29 is 19.0 Å². The van der Waals surface area contributed by atoms with Gasteiger partial charge >= 0.3 is 0 Å². The fourth-order valence-electron chi connectivity index (χ4n) is 4.05. The number of carbonyl (C=O) groups excluding carboxylic acids is 1. The first-order valence-corrected chi connectivity index (χ1v) is 10.9. The van der Waals surface area contributed by atoms with Crippen LogP contribution >= 0.6 is 11.6 Å². The van der Waals surface area contributed by atoms with Crippen LogP contribution in [0.2, 0.25) is 5.02 Å². The summed E-state index contributed by atoms with van der Waals surface area (Å²) in [5, 5.41) is 1.67. The molecule has 0 N–H and O–H groups in total. The summed E-state index contributed by atoms with van der Waals surface area (Å²) in [6, 6.07) is 17.0. The van der Waals surface area contributed by atoms with Crippen LogP contribution in [0.25, 0.3) is 17.0 Å². The lowest BCUT2D eigenvalue weighted by atomic mass is 10.1. The zero-order chi connectivity index (χ0) is 23.1. The summed E-state index contributed by atoms with van der Waals surface area (Å²) < 4.78 is 19.4. The molecule has 0 amide bonds. The summed E-state index contributed by atoms with van der Waals surface area (Å²) in [7, 11) is 3.61. The van der Waals surface area contributed by atoms with Crippen LogP contribution in [-0.4, -0.2) is 17.5 Å². The monoisotopic (exact) mass is 459 g/mol. The van der Waals surface area contributed by atoms with E-state index in [4.69, 9.17) is 25.8 Å². The van der Waals surface area contributed by atoms with Crippen LogP contribution in [0.15, 0.2) is 66.6 Å². The first-order valence-electron chi connectivity index (χ1n) is 10.5. The standard InChI is InChI=1S/C27H22ClNO4/c1-16-24(32-15-17-4-6-19(28)7-5-17)11-9-21-26(30)25(33-27(16)21)12-18-14-29(2)23-10-8-20(31-3)13-22(18)23/h4-14H,15H2,1-3H3/b25-12+. The van der Waals surface area contributed by atoms with E-state index < -0.39 is 0 Å². The van der Waals surface area contributed by atoms with Gasteiger partial charge in [0.25, 0.3) is 0 Å². The summed E-state index contributed by atoms with van der Waals surface area (Å²) in [5.74, 6) is 2.12. The van der Waals surface area contributed by atoms with Gasteiger partial charge in [0, 0.05) is 40.3 Å². The highest BCUT2D eigenvalue weighted by atomic mass is 35.5. The van der Waals surface area contributed by atoms with E-state index in [1.807, 2.05) is 73.3 Å². The molecule has 0 bridgehead atoms. The molecule has 4 aromatic rings. The van der Waals surface area contributed by atoms with Crippen molar-refractivity contribution in [1.29, 1.82) is 0 Å². The van der Waals surface area contributed by atoms with Crippen molar-refractivity contribution in [3.8, 4) is 17.2 Å². The second-order valence-electron chi connectivity index (χ2n) is 8.00. The molecular formula is C27H22ClNO4. The number of methoxy groups -OCH3 is 1. The van der Waals surface area contributed by atoms with Crippen molar-refractivity contribution in [3.63, 3.8) is 0 Å². The van der Waals surface area contributed by atoms with Gasteiger partial charge in [0.1, 0.15) is 23.9 Å². The molecule has 0 aliphatic carbocycles. The highest BCUT2D eigenvalue weighted by Gasteiger charge is 2.30. The number of Topliss-reactive ketones (excluding diaryl/α,β-unsaturated/α-hetero) is 1. The van der Waals surface area contributed by atoms with Gasteiger partial charge in [0.05, 0.1) is 12.7 Å². The Balaban J connectivity index is 1.44. The molecule has 0 fully saturated rings. The molecule has 0 unspecified atom stereocenters. The van der Waals surface area contributed by atoms with Crippen LogP contribution in [0.5, 0.6) is 17.2 Å². The van der Waals surface area contributed by atoms with Gasteiger partial charge in [0.2, 0.25) is 5.78 Å². The number of aryl methyl sites for hydroxylation is 1. The first kappa shape index (κ1) is 21.2. The summed E-state index contributed by atoms with van der Waals surface area (Å²) in [6.45, 7) is 2.29. The van der Waals surface area contributed by atoms with E-state index in [1.165, 1.54) is 0 Å². The van der Waals surface area contributed by atoms with Crippen LogP contribution in [0.4, 0.5) is 0 Å². The van der Waals surface area contributed by atoms with Gasteiger partial charge < -0.3 is 18.8 Å². The minimum Gasteiger partial charge on any atom is -0.497 e. The molecule has 3 aromatic carbocycles. The minimum absolute atomic E-state index is 0.141. The van der Waals surface area contributed by atoms with Crippen LogP contribution in [-0.2, 0) is 13.7 Å². The van der Waals surface area contributed by atoms with Gasteiger partial charge in [-0.25, -0.2) is 0 Å². The number of allylic oxidation sites excluding steroid dienone is 1. The zero-order valence-corrected chi connectivity index (χ0v) is 19.3. The number of hydrogen-bond donors (Lipinski definition) is 0. The first-order chi connectivity index (χ1) is 15.9. The van der Waals surface area contributed by atoms with Crippen LogP contribution < -0.4 is 14.2 Å². The smallest absolute Gasteiger partial charge is 0.231 e. The van der Waals surface area contributed by atoms with Gasteiger partial charge in [0.15, 0.2) is 5.76 Å². The van der Waals surface area contributed by atoms with Gasteiger partial charge in [-0.3, -0.25) is 4.79 Å². The quantitative estimate of drug-likeness (QED) is 0.326. The lowest BCUT2D eigenvalue weighted by Crippen LogP contribution is -1.98. The molecular weight excluding hydrogens is 438 g/mol. The van der Waals surface area contributed by atoms with Crippen LogP contribution in [0.3, 0.4) is 0 Å². The second-order valence-corrected chi connectivity index (χ2v) is 8.44. The number of aromatic nitrogens is 1. The van der Waals surface area contributed by atoms with Crippen molar-refractivity contribution in [2.24, 2.45) is 7.05 Å². The van der Waals surface area contributed by atoms with E-state index in [0.717, 1.165) is 33.3 Å². The Hall–Kier alpha value is -3.70. The molecule has 0 atom stereocenters. The van der Waals surface area contributed by atoms with Crippen molar-refractivity contribution >= 4 is 34.4 Å². The molecule has 5 nitrogen and oxygen atoms in total. The Morgan fingerprint density at radius 3 is 2.64 bits per heavy atom. The molecule has 6 heteroatoms. The summed E-state index contributed by atoms with van der Waals surface area (Å²) in [5.41, 5.74) is 4.26. The Labute approximate surface area is 196 Å². The Morgan fingerprint density at radius 1 is 1.09 bits per heavy atom. The fourth-order valence-corrected chi connectivity index (χ4v) is 4.18. The molecule has 166 valence electrons. The predicted octanol–water partition coefficient (Wildman–Crippen LogP) is 6.34. The highest BCUT2D eigenvalue weighted by Crippen LogP contribution is 2.40. The van der Waals surface area contributed by atoms with E-state index in [2.05, 4.69) is 0 Å². The molecule has 1 aliphatic heterocycles. The number of benzene rings is 3. The molecule has 0 spiro atoms. The van der Waals surface area contributed by atoms with Gasteiger partial charge in [-0.2, -0.15) is 0 Å². The van der Waals surface area contributed by atoms with Crippen LogP contribution in [0.1, 0.15) is 27.0 Å². The lowest BCUT2D eigenvalue weighted by molar-refractivity contribution is 0.101. The predicted molar refractivity (Wildman–Crippen MR) is 129 cm³/mol. The summed E-state index contributed by atoms with van der Waals surface area (Å²) >= 11 is 5.95. The average Bonchev–Trinajstić information content (AvgIpc) is 3.31. The van der Waals surface area contributed by atoms with E-state index in [0.29, 0.717) is 34.5 Å². The maximum Gasteiger partial charge on any atom is 0.231 e. The van der Waals surface area contributed by atoms with Gasteiger partial charge in [-0.15, -0.1) is 0 Å². The fraction of sp³-hybridized carbons (Fsp3) is 0.148. The van der Waals surface area contributed by atoms with Crippen molar-refractivity contribution in [3.05, 3.63) is 93.8 Å². The maximum absolute atomic E-state index is 13.1. The molecule has 5 rings (SSSR count). The summed E-state index contributed by atoms with van der Waals surface area (Å²) in [4.78, 5) is 13.1. The molecule has 0 saturated heterocycles. The van der Waals surface area contributed by atoms with E-state index >= 15 is 0 Å². The number of fused-ring (bicyclic) bond motifs is 2. The van der Waals surface area contributed by atoms with Gasteiger partial charge in [-0.05, 0) is 61.0 Å². The van der Waals surface area contributed by atoms with Gasteiger partial charge in [-0.1, -0.05) is 23.7 Å². The van der Waals surface area contributed by atoms with Crippen LogP contribution in [0, 0.1) is 6.92 Å². The number of rotatable bonds is 5. The molecule has 0 radical (unpaired) electrons. The SMILES string of the molecule is COc1ccc2c(c1)c(/C=C1/Oc3c(ccc(OCc4ccc(Cl)cc4)c3C)C1=O)cn2C. The summed E-state index contributed by atoms with van der Waals surface area (Å²) in [6.07, 6.45) is 3.77. The lowest BCUT2D eigenvalue weighted by Gasteiger charge is -2.11. The Kier molecular flexibility index (Phi) is 5.35. The zero-order valence-electron chi connectivity index (χ0n) is 18.5. The molecule has 2 heterocycles. The minimum atomic E-state index is -0.141. The maximum atomic E-state index is 13.1. The number of nitrogens with zero attached hydrogens (tertiary/aromatic N) is 1. The number of carbonyl (C=O) groups is 1. The van der Waals surface area contributed by atoms with Crippen molar-refractivity contribution in [2.45, 2.75) is 13.5 Å². The Morgan fingerprint density at radius 2 is 1.88 bits per heavy atom. The molecule has 33 heavy (non-hydrogen) atoms. The molecule has 1 aliphatic rings. The highest BCUT2D eigenvalue weighted by molar-refractivity contribution is 6.30. The van der Waals surface area contributed by atoms with Crippen molar-refractivity contribution in [1.82, 2.24) is 4.57 Å². The third-order valence-corrected chi connectivity index (χ3v) is 6.11. The van der Waals surface area contributed by atoms with E-state index in [-0.39, 0.29) is 5.78 Å². The topological polar surface area (TPSA) is 49.7 Å². The molecule has 1 aromatic heterocycles. The normalized spacial score (nSPS) is 13.9. The number of ketones is 1. The third-order valence-electron chi connectivity index (χ3n) is 5.86. The second kappa shape index (κ2) is 8.34. The Bertz CT molecular complexity index is 1420. The average molecular weight is 460 g/mol. The van der Waals surface area contributed by atoms with Crippen molar-refractivity contribution in [2.75, 3.05) is 7.11 Å². The number of hydrogen-bond acceptors (Lipinski definition) is 4. The molecule has 0 saturated carbocycles. The third kappa shape index (κ3) is 3.85. The largest absolute Gasteiger partial charge is 0.497 e. The number of ether oxygens (including phenoxy) is 3. The van der Waals surface area contributed by atoms with E-state index in [1.54, 1.807) is 19.3 Å².